The second-order valence-electron chi connectivity index (χ2n) is 5.34. The molecule has 1 aromatic rings. The quantitative estimate of drug-likeness (QED) is 0.497. The molecule has 0 unspecified atom stereocenters. The van der Waals surface area contributed by atoms with Crippen molar-refractivity contribution in [3.05, 3.63) is 28.2 Å². The van der Waals surface area contributed by atoms with Crippen molar-refractivity contribution >= 4 is 21.6 Å². The zero-order chi connectivity index (χ0) is 13.9. The molecule has 1 N–H and O–H groups in total. The Bertz CT molecular complexity index is 349. The first kappa shape index (κ1) is 16.6. The van der Waals surface area contributed by atoms with Crippen LogP contribution in [0.25, 0.3) is 0 Å². The second-order valence-corrected chi connectivity index (χ2v) is 6.13. The summed E-state index contributed by atoms with van der Waals surface area (Å²) in [6, 6.07) is 6.38. The number of halogens is 1. The highest BCUT2D eigenvalue weighted by Crippen LogP contribution is 2.25. The fourth-order valence-corrected chi connectivity index (χ4v) is 2.67. The van der Waals surface area contributed by atoms with Gasteiger partial charge in [0.05, 0.1) is 0 Å². The zero-order valence-electron chi connectivity index (χ0n) is 12.5. The Balaban J connectivity index is 2.03. The van der Waals surface area contributed by atoms with Gasteiger partial charge in [-0.3, -0.25) is 0 Å². The van der Waals surface area contributed by atoms with Gasteiger partial charge in [0.1, 0.15) is 0 Å². The van der Waals surface area contributed by atoms with Crippen molar-refractivity contribution in [2.75, 3.05) is 11.9 Å². The number of anilines is 1. The summed E-state index contributed by atoms with van der Waals surface area (Å²) in [6.07, 6.45) is 11.0. The molecule has 19 heavy (non-hydrogen) atoms. The van der Waals surface area contributed by atoms with Crippen LogP contribution in [0.4, 0.5) is 5.69 Å². The molecule has 0 atom stereocenters. The van der Waals surface area contributed by atoms with Crippen molar-refractivity contribution in [2.24, 2.45) is 0 Å². The van der Waals surface area contributed by atoms with E-state index in [1.807, 2.05) is 0 Å². The average molecular weight is 326 g/mol. The summed E-state index contributed by atoms with van der Waals surface area (Å²) in [4.78, 5) is 0. The Morgan fingerprint density at radius 1 is 0.947 bits per heavy atom. The van der Waals surface area contributed by atoms with Crippen LogP contribution in [0.2, 0.25) is 0 Å². The molecular weight excluding hydrogens is 298 g/mol. The van der Waals surface area contributed by atoms with Crippen LogP contribution in [0.15, 0.2) is 22.7 Å². The van der Waals surface area contributed by atoms with Gasteiger partial charge in [0.15, 0.2) is 0 Å². The molecule has 0 bridgehead atoms. The Morgan fingerprint density at radius 3 is 2.26 bits per heavy atom. The molecule has 0 heterocycles. The smallest absolute Gasteiger partial charge is 0.0487 e. The number of unbranched alkanes of at least 4 members (excludes halogenated alkanes) is 7. The highest BCUT2D eigenvalue weighted by molar-refractivity contribution is 9.10. The van der Waals surface area contributed by atoms with Crippen LogP contribution >= 0.6 is 15.9 Å². The molecule has 0 saturated heterocycles. The lowest BCUT2D eigenvalue weighted by molar-refractivity contribution is 0.581. The monoisotopic (exact) mass is 325 g/mol. The highest BCUT2D eigenvalue weighted by Gasteiger charge is 2.00. The SMILES string of the molecule is CCCCCCCCCCNc1cccc(C)c1Br. The molecule has 0 aliphatic rings. The van der Waals surface area contributed by atoms with E-state index in [4.69, 9.17) is 0 Å². The van der Waals surface area contributed by atoms with E-state index in [1.54, 1.807) is 0 Å². The fourth-order valence-electron chi connectivity index (χ4n) is 2.27. The fraction of sp³-hybridized carbons (Fsp3) is 0.647. The molecule has 0 saturated carbocycles. The van der Waals surface area contributed by atoms with Crippen molar-refractivity contribution in [1.29, 1.82) is 0 Å². The van der Waals surface area contributed by atoms with Gasteiger partial charge in [-0.1, -0.05) is 64.0 Å². The Kier molecular flexibility index (Phi) is 8.98. The first-order valence-electron chi connectivity index (χ1n) is 7.74. The molecule has 108 valence electrons. The minimum atomic E-state index is 1.08. The number of aryl methyl sites for hydroxylation is 1. The van der Waals surface area contributed by atoms with Gasteiger partial charge in [-0.2, -0.15) is 0 Å². The van der Waals surface area contributed by atoms with Crippen molar-refractivity contribution in [1.82, 2.24) is 0 Å². The van der Waals surface area contributed by atoms with E-state index in [9.17, 15) is 0 Å². The van der Waals surface area contributed by atoms with E-state index in [1.165, 1.54) is 67.1 Å². The topological polar surface area (TPSA) is 12.0 Å². The van der Waals surface area contributed by atoms with Crippen LogP contribution in [-0.2, 0) is 0 Å². The summed E-state index contributed by atoms with van der Waals surface area (Å²) in [7, 11) is 0. The lowest BCUT2D eigenvalue weighted by Crippen LogP contribution is -2.02. The minimum Gasteiger partial charge on any atom is -0.384 e. The van der Waals surface area contributed by atoms with Crippen molar-refractivity contribution in [3.8, 4) is 0 Å². The number of hydrogen-bond acceptors (Lipinski definition) is 1. The molecule has 1 aromatic carbocycles. The predicted molar refractivity (Wildman–Crippen MR) is 90.0 cm³/mol. The van der Waals surface area contributed by atoms with Gasteiger partial charge in [-0.15, -0.1) is 0 Å². The van der Waals surface area contributed by atoms with Crippen molar-refractivity contribution < 1.29 is 0 Å². The van der Waals surface area contributed by atoms with Crippen LogP contribution in [0.1, 0.15) is 63.9 Å². The van der Waals surface area contributed by atoms with E-state index < -0.39 is 0 Å². The van der Waals surface area contributed by atoms with E-state index in [2.05, 4.69) is 53.3 Å². The van der Waals surface area contributed by atoms with Gasteiger partial charge in [0, 0.05) is 16.7 Å². The number of nitrogens with one attached hydrogen (secondary N) is 1. The molecule has 0 radical (unpaired) electrons. The molecule has 0 aromatic heterocycles. The average Bonchev–Trinajstić information content (AvgIpc) is 2.41. The second kappa shape index (κ2) is 10.3. The molecule has 0 amide bonds. The first-order chi connectivity index (χ1) is 9.25. The van der Waals surface area contributed by atoms with Gasteiger partial charge in [0.2, 0.25) is 0 Å². The van der Waals surface area contributed by atoms with Gasteiger partial charge in [0.25, 0.3) is 0 Å². The molecule has 2 heteroatoms. The maximum Gasteiger partial charge on any atom is 0.0487 e. The Labute approximate surface area is 127 Å². The zero-order valence-corrected chi connectivity index (χ0v) is 14.1. The first-order valence-corrected chi connectivity index (χ1v) is 8.54. The maximum atomic E-state index is 3.64. The van der Waals surface area contributed by atoms with Crippen LogP contribution in [-0.4, -0.2) is 6.54 Å². The van der Waals surface area contributed by atoms with E-state index in [-0.39, 0.29) is 0 Å². The minimum absolute atomic E-state index is 1.08. The van der Waals surface area contributed by atoms with E-state index in [0.29, 0.717) is 0 Å². The normalized spacial score (nSPS) is 10.7. The Morgan fingerprint density at radius 2 is 1.58 bits per heavy atom. The van der Waals surface area contributed by atoms with Gasteiger partial charge in [-0.25, -0.2) is 0 Å². The summed E-state index contributed by atoms with van der Waals surface area (Å²) in [5.41, 5.74) is 2.52. The predicted octanol–water partition coefficient (Wildman–Crippen LogP) is 6.31. The maximum absolute atomic E-state index is 3.64. The van der Waals surface area contributed by atoms with Gasteiger partial charge < -0.3 is 5.32 Å². The van der Waals surface area contributed by atoms with E-state index in [0.717, 1.165) is 6.54 Å². The van der Waals surface area contributed by atoms with Crippen molar-refractivity contribution in [3.63, 3.8) is 0 Å². The third-order valence-corrected chi connectivity index (χ3v) is 4.59. The van der Waals surface area contributed by atoms with Gasteiger partial charge in [-0.05, 0) is 40.9 Å². The summed E-state index contributed by atoms with van der Waals surface area (Å²) >= 11 is 3.64. The summed E-state index contributed by atoms with van der Waals surface area (Å²) < 4.78 is 1.20. The number of hydrogen-bond donors (Lipinski definition) is 1. The molecule has 0 spiro atoms. The lowest BCUT2D eigenvalue weighted by atomic mass is 10.1. The van der Waals surface area contributed by atoms with Gasteiger partial charge >= 0.3 is 0 Å². The third-order valence-electron chi connectivity index (χ3n) is 3.54. The molecule has 1 nitrogen and oxygen atoms in total. The third kappa shape index (κ3) is 7.00. The molecule has 0 fully saturated rings. The molecular formula is C17H28BrN. The summed E-state index contributed by atoms with van der Waals surface area (Å²) in [6.45, 7) is 5.48. The lowest BCUT2D eigenvalue weighted by Gasteiger charge is -2.10. The van der Waals surface area contributed by atoms with Crippen LogP contribution < -0.4 is 5.32 Å². The van der Waals surface area contributed by atoms with Crippen LogP contribution in [0.5, 0.6) is 0 Å². The summed E-state index contributed by atoms with van der Waals surface area (Å²) in [5, 5.41) is 3.52. The molecule has 1 rings (SSSR count). The number of rotatable bonds is 10. The molecule has 0 aliphatic carbocycles. The van der Waals surface area contributed by atoms with Crippen LogP contribution in [0, 0.1) is 6.92 Å². The highest BCUT2D eigenvalue weighted by atomic mass is 79.9. The molecule has 0 aliphatic heterocycles. The van der Waals surface area contributed by atoms with Crippen LogP contribution in [0.3, 0.4) is 0 Å². The summed E-state index contributed by atoms with van der Waals surface area (Å²) in [5.74, 6) is 0. The Hall–Kier alpha value is -0.500. The number of benzene rings is 1. The van der Waals surface area contributed by atoms with Crippen molar-refractivity contribution in [2.45, 2.75) is 65.2 Å². The standard InChI is InChI=1S/C17H28BrN/c1-3-4-5-6-7-8-9-10-14-19-16-13-11-12-15(2)17(16)18/h11-13,19H,3-10,14H2,1-2H3. The largest absolute Gasteiger partial charge is 0.384 e. The van der Waals surface area contributed by atoms with E-state index >= 15 is 0 Å².